The lowest BCUT2D eigenvalue weighted by Gasteiger charge is -2.19. The molecule has 2 heterocycles. The van der Waals surface area contributed by atoms with E-state index >= 15 is 0 Å². The van der Waals surface area contributed by atoms with Crippen molar-refractivity contribution in [2.24, 2.45) is 0 Å². The number of fused-ring (bicyclic) bond motifs is 3. The maximum Gasteiger partial charge on any atom is 0.326 e. The molecule has 0 radical (unpaired) electrons. The molecule has 148 valence electrons. The van der Waals surface area contributed by atoms with E-state index in [1.807, 2.05) is 42.5 Å². The Kier molecular flexibility index (Phi) is 4.70. The summed E-state index contributed by atoms with van der Waals surface area (Å²) in [6, 6.07) is 15.3. The smallest absolute Gasteiger partial charge is 0.326 e. The molecule has 2 aromatic carbocycles. The predicted molar refractivity (Wildman–Crippen MR) is 111 cm³/mol. The van der Waals surface area contributed by atoms with Crippen LogP contribution < -0.4 is 5.56 Å². The van der Waals surface area contributed by atoms with Crippen LogP contribution >= 0.6 is 0 Å². The molecule has 0 saturated heterocycles. The number of hydrogen-bond acceptors (Lipinski definition) is 5. The average molecular weight is 390 g/mol. The van der Waals surface area contributed by atoms with Gasteiger partial charge in [-0.3, -0.25) is 14.2 Å². The number of aromatic nitrogens is 2. The fraction of sp³-hybridized carbons (Fsp3) is 0.261. The summed E-state index contributed by atoms with van der Waals surface area (Å²) >= 11 is 0. The van der Waals surface area contributed by atoms with Gasteiger partial charge in [-0.1, -0.05) is 57.2 Å². The van der Waals surface area contributed by atoms with Crippen LogP contribution in [0.25, 0.3) is 22.1 Å². The lowest BCUT2D eigenvalue weighted by Crippen LogP contribution is -2.25. The van der Waals surface area contributed by atoms with Gasteiger partial charge in [-0.2, -0.15) is 0 Å². The normalized spacial score (nSPS) is 11.8. The highest BCUT2D eigenvalue weighted by molar-refractivity contribution is 6.01. The maximum absolute atomic E-state index is 12.7. The Balaban J connectivity index is 1.47. The number of benzene rings is 2. The van der Waals surface area contributed by atoms with Crippen molar-refractivity contribution in [2.45, 2.75) is 39.3 Å². The highest BCUT2D eigenvalue weighted by Gasteiger charge is 2.16. The quantitative estimate of drug-likeness (QED) is 0.489. The minimum atomic E-state index is -0.510. The van der Waals surface area contributed by atoms with E-state index in [1.54, 1.807) is 6.07 Å². The zero-order chi connectivity index (χ0) is 20.6. The van der Waals surface area contributed by atoms with Gasteiger partial charge >= 0.3 is 5.97 Å². The molecule has 0 N–H and O–H groups in total. The molecule has 0 aliphatic carbocycles. The summed E-state index contributed by atoms with van der Waals surface area (Å²) in [6.45, 7) is 6.36. The van der Waals surface area contributed by atoms with Crippen molar-refractivity contribution >= 4 is 28.0 Å². The second kappa shape index (κ2) is 7.20. The Bertz CT molecular complexity index is 1240. The van der Waals surface area contributed by atoms with E-state index in [0.717, 1.165) is 10.9 Å². The van der Waals surface area contributed by atoms with Crippen molar-refractivity contribution in [1.29, 1.82) is 0 Å². The van der Waals surface area contributed by atoms with E-state index in [9.17, 15) is 9.59 Å². The molecule has 0 amide bonds. The minimum absolute atomic E-state index is 0.0681. The summed E-state index contributed by atoms with van der Waals surface area (Å²) in [4.78, 5) is 29.2. The monoisotopic (exact) mass is 390 g/mol. The van der Waals surface area contributed by atoms with Gasteiger partial charge in [-0.05, 0) is 28.7 Å². The summed E-state index contributed by atoms with van der Waals surface area (Å²) in [5.41, 5.74) is 2.99. The van der Waals surface area contributed by atoms with Gasteiger partial charge < -0.3 is 9.15 Å². The third kappa shape index (κ3) is 3.78. The van der Waals surface area contributed by atoms with Crippen LogP contribution in [0.3, 0.4) is 0 Å². The Morgan fingerprint density at radius 2 is 1.83 bits per heavy atom. The van der Waals surface area contributed by atoms with Crippen molar-refractivity contribution in [2.75, 3.05) is 0 Å². The number of ether oxygens (including phenoxy) is 1. The fourth-order valence-electron chi connectivity index (χ4n) is 3.18. The molecule has 0 fully saturated rings. The van der Waals surface area contributed by atoms with Gasteiger partial charge in [0, 0.05) is 5.39 Å². The zero-order valence-corrected chi connectivity index (χ0v) is 16.6. The third-order valence-electron chi connectivity index (χ3n) is 4.87. The number of para-hydroxylation sites is 1. The molecule has 0 bridgehead atoms. The van der Waals surface area contributed by atoms with Gasteiger partial charge in [0.1, 0.15) is 24.3 Å². The number of nitrogens with zero attached hydrogens (tertiary/aromatic N) is 2. The number of carbonyl (C=O) groups is 1. The predicted octanol–water partition coefficient (Wildman–Crippen LogP) is 4.18. The molecule has 2 aromatic heterocycles. The molecule has 0 saturated carbocycles. The first-order valence-corrected chi connectivity index (χ1v) is 9.44. The Morgan fingerprint density at radius 3 is 2.55 bits per heavy atom. The fourth-order valence-corrected chi connectivity index (χ4v) is 3.18. The van der Waals surface area contributed by atoms with E-state index < -0.39 is 11.5 Å². The number of furan rings is 1. The molecule has 29 heavy (non-hydrogen) atoms. The van der Waals surface area contributed by atoms with Crippen molar-refractivity contribution in [1.82, 2.24) is 9.55 Å². The molecule has 0 aliphatic heterocycles. The molecule has 0 spiro atoms. The Morgan fingerprint density at radius 1 is 1.10 bits per heavy atom. The highest BCUT2D eigenvalue weighted by Crippen LogP contribution is 2.24. The van der Waals surface area contributed by atoms with E-state index in [0.29, 0.717) is 11.1 Å². The van der Waals surface area contributed by atoms with E-state index in [2.05, 4.69) is 25.8 Å². The van der Waals surface area contributed by atoms with Crippen LogP contribution in [0.1, 0.15) is 31.9 Å². The largest absolute Gasteiger partial charge is 0.459 e. The van der Waals surface area contributed by atoms with Crippen LogP contribution in [0.15, 0.2) is 64.1 Å². The molecular formula is C23H22N2O4. The van der Waals surface area contributed by atoms with Gasteiger partial charge in [0.15, 0.2) is 0 Å². The summed E-state index contributed by atoms with van der Waals surface area (Å²) in [5.74, 6) is -0.510. The highest BCUT2D eigenvalue weighted by atomic mass is 16.5. The standard InChI is InChI=1S/C23H22N2O4/c1-23(2,3)16-10-8-15(9-11-16)13-28-19(26)12-25-14-24-20-17-6-4-5-7-18(17)29-21(20)22(25)27/h4-11,14H,12-13H2,1-3H3. The van der Waals surface area contributed by atoms with E-state index in [4.69, 9.17) is 9.15 Å². The Labute approximate surface area is 167 Å². The SMILES string of the molecule is CC(C)(C)c1ccc(COC(=O)Cn2cnc3c(oc4ccccc43)c2=O)cc1. The van der Waals surface area contributed by atoms with Gasteiger partial charge in [0.05, 0.1) is 6.33 Å². The molecule has 6 nitrogen and oxygen atoms in total. The minimum Gasteiger partial charge on any atom is -0.459 e. The maximum atomic E-state index is 12.7. The molecule has 0 aliphatic rings. The van der Waals surface area contributed by atoms with Crippen LogP contribution in [-0.4, -0.2) is 15.5 Å². The van der Waals surface area contributed by atoms with Crippen molar-refractivity contribution in [3.63, 3.8) is 0 Å². The number of rotatable bonds is 4. The molecule has 4 rings (SSSR count). The van der Waals surface area contributed by atoms with Crippen LogP contribution in [0, 0.1) is 0 Å². The van der Waals surface area contributed by atoms with Crippen molar-refractivity contribution in [3.05, 3.63) is 76.3 Å². The first-order chi connectivity index (χ1) is 13.8. The summed E-state index contributed by atoms with van der Waals surface area (Å²) in [6.07, 6.45) is 1.35. The van der Waals surface area contributed by atoms with Crippen molar-refractivity contribution < 1.29 is 13.9 Å². The van der Waals surface area contributed by atoms with Gasteiger partial charge in [-0.25, -0.2) is 4.98 Å². The number of esters is 1. The topological polar surface area (TPSA) is 74.3 Å². The molecule has 4 aromatic rings. The first kappa shape index (κ1) is 18.9. The lowest BCUT2D eigenvalue weighted by atomic mass is 9.87. The molecular weight excluding hydrogens is 368 g/mol. The second-order valence-corrected chi connectivity index (χ2v) is 8.06. The van der Waals surface area contributed by atoms with Gasteiger partial charge in [0.25, 0.3) is 5.56 Å². The number of hydrogen-bond donors (Lipinski definition) is 0. The molecule has 6 heteroatoms. The number of carbonyl (C=O) groups excluding carboxylic acids is 1. The van der Waals surface area contributed by atoms with Gasteiger partial charge in [0.2, 0.25) is 5.58 Å². The first-order valence-electron chi connectivity index (χ1n) is 9.44. The Hall–Kier alpha value is -3.41. The van der Waals surface area contributed by atoms with Crippen LogP contribution in [-0.2, 0) is 28.1 Å². The summed E-state index contributed by atoms with van der Waals surface area (Å²) < 4.78 is 12.2. The van der Waals surface area contributed by atoms with Crippen LogP contribution in [0.4, 0.5) is 0 Å². The molecule has 0 atom stereocenters. The zero-order valence-electron chi connectivity index (χ0n) is 16.6. The summed E-state index contributed by atoms with van der Waals surface area (Å²) in [7, 11) is 0. The second-order valence-electron chi connectivity index (χ2n) is 8.06. The molecule has 0 unspecified atom stereocenters. The lowest BCUT2D eigenvalue weighted by molar-refractivity contribution is -0.145. The third-order valence-corrected chi connectivity index (χ3v) is 4.87. The van der Waals surface area contributed by atoms with Gasteiger partial charge in [-0.15, -0.1) is 0 Å². The van der Waals surface area contributed by atoms with Crippen LogP contribution in [0.5, 0.6) is 0 Å². The van der Waals surface area contributed by atoms with Crippen LogP contribution in [0.2, 0.25) is 0 Å². The van der Waals surface area contributed by atoms with Crippen molar-refractivity contribution in [3.8, 4) is 0 Å². The van der Waals surface area contributed by atoms with E-state index in [1.165, 1.54) is 16.5 Å². The summed E-state index contributed by atoms with van der Waals surface area (Å²) in [5, 5.41) is 0.771. The average Bonchev–Trinajstić information content (AvgIpc) is 3.08. The van der Waals surface area contributed by atoms with E-state index in [-0.39, 0.29) is 24.1 Å².